The minimum atomic E-state index is -0.332. The number of benzene rings is 1. The van der Waals surface area contributed by atoms with Crippen LogP contribution in [0.5, 0.6) is 0 Å². The summed E-state index contributed by atoms with van der Waals surface area (Å²) in [4.78, 5) is 13.1. The molecular formula is C11H13FN2O. The van der Waals surface area contributed by atoms with Crippen LogP contribution in [0.1, 0.15) is 18.4 Å². The monoisotopic (exact) mass is 208 g/mol. The van der Waals surface area contributed by atoms with E-state index in [1.807, 2.05) is 0 Å². The van der Waals surface area contributed by atoms with Gasteiger partial charge in [-0.15, -0.1) is 0 Å². The molecule has 1 aromatic rings. The highest BCUT2D eigenvalue weighted by Crippen LogP contribution is 2.26. The van der Waals surface area contributed by atoms with Gasteiger partial charge in [0.1, 0.15) is 5.82 Å². The molecule has 0 spiro atoms. The van der Waals surface area contributed by atoms with Crippen molar-refractivity contribution >= 4 is 11.6 Å². The van der Waals surface area contributed by atoms with E-state index in [4.69, 9.17) is 5.73 Å². The molecule has 3 nitrogen and oxygen atoms in total. The molecule has 0 unspecified atom stereocenters. The first-order valence-corrected chi connectivity index (χ1v) is 5.01. The first-order valence-electron chi connectivity index (χ1n) is 5.01. The highest BCUT2D eigenvalue weighted by atomic mass is 19.1. The van der Waals surface area contributed by atoms with Crippen molar-refractivity contribution in [2.75, 3.05) is 11.4 Å². The number of nitrogens with zero attached hydrogens (tertiary/aromatic N) is 1. The fourth-order valence-electron chi connectivity index (χ4n) is 1.86. The Labute approximate surface area is 87.7 Å². The minimum absolute atomic E-state index is 0.0512. The molecule has 4 heteroatoms. The van der Waals surface area contributed by atoms with Gasteiger partial charge in [0.2, 0.25) is 5.91 Å². The molecule has 0 atom stereocenters. The van der Waals surface area contributed by atoms with Gasteiger partial charge in [-0.05, 0) is 24.1 Å². The second-order valence-corrected chi connectivity index (χ2v) is 3.63. The molecule has 1 aliphatic rings. The highest BCUT2D eigenvalue weighted by Gasteiger charge is 2.23. The van der Waals surface area contributed by atoms with Crippen LogP contribution in [-0.2, 0) is 11.3 Å². The summed E-state index contributed by atoms with van der Waals surface area (Å²) < 4.78 is 13.1. The third kappa shape index (κ3) is 1.85. The smallest absolute Gasteiger partial charge is 0.227 e. The number of carbonyl (C=O) groups excluding carboxylic acids is 1. The molecular weight excluding hydrogens is 195 g/mol. The highest BCUT2D eigenvalue weighted by molar-refractivity contribution is 5.96. The maximum Gasteiger partial charge on any atom is 0.227 e. The summed E-state index contributed by atoms with van der Waals surface area (Å²) in [6, 6.07) is 4.38. The van der Waals surface area contributed by atoms with Gasteiger partial charge in [0.05, 0.1) is 5.69 Å². The summed E-state index contributed by atoms with van der Waals surface area (Å²) >= 11 is 0. The first kappa shape index (κ1) is 10.1. The Kier molecular flexibility index (Phi) is 2.68. The van der Waals surface area contributed by atoms with Crippen molar-refractivity contribution in [1.29, 1.82) is 0 Å². The Bertz CT molecular complexity index is 392. The molecule has 0 saturated carbocycles. The van der Waals surface area contributed by atoms with Gasteiger partial charge in [0.25, 0.3) is 0 Å². The molecule has 0 aromatic heterocycles. The number of nitrogens with two attached hydrogens (primary N) is 1. The van der Waals surface area contributed by atoms with Gasteiger partial charge in [-0.25, -0.2) is 4.39 Å². The topological polar surface area (TPSA) is 46.3 Å². The SMILES string of the molecule is NCc1ccc(F)cc1N1CCCC1=O. The van der Waals surface area contributed by atoms with E-state index >= 15 is 0 Å². The Morgan fingerprint density at radius 2 is 2.27 bits per heavy atom. The zero-order valence-corrected chi connectivity index (χ0v) is 8.37. The number of carbonyl (C=O) groups is 1. The quantitative estimate of drug-likeness (QED) is 0.798. The molecule has 1 fully saturated rings. The number of anilines is 1. The molecule has 80 valence electrons. The zero-order chi connectivity index (χ0) is 10.8. The predicted molar refractivity (Wildman–Crippen MR) is 55.9 cm³/mol. The zero-order valence-electron chi connectivity index (χ0n) is 8.37. The van der Waals surface area contributed by atoms with Gasteiger partial charge in [-0.3, -0.25) is 4.79 Å². The van der Waals surface area contributed by atoms with Gasteiger partial charge < -0.3 is 10.6 Å². The molecule has 2 N–H and O–H groups in total. The summed E-state index contributed by atoms with van der Waals surface area (Å²) in [6.45, 7) is 0.981. The van der Waals surface area contributed by atoms with Crippen molar-refractivity contribution in [2.45, 2.75) is 19.4 Å². The molecule has 2 rings (SSSR count). The lowest BCUT2D eigenvalue weighted by atomic mass is 10.1. The lowest BCUT2D eigenvalue weighted by molar-refractivity contribution is -0.117. The molecule has 1 aliphatic heterocycles. The Morgan fingerprint density at radius 1 is 1.47 bits per heavy atom. The number of amides is 1. The van der Waals surface area contributed by atoms with Gasteiger partial charge in [0, 0.05) is 19.5 Å². The van der Waals surface area contributed by atoms with Crippen molar-refractivity contribution in [3.8, 4) is 0 Å². The van der Waals surface area contributed by atoms with E-state index in [0.717, 1.165) is 12.0 Å². The van der Waals surface area contributed by atoms with E-state index in [-0.39, 0.29) is 11.7 Å². The average Bonchev–Trinajstić information content (AvgIpc) is 2.64. The molecule has 1 amide bonds. The maximum absolute atomic E-state index is 13.1. The second-order valence-electron chi connectivity index (χ2n) is 3.63. The van der Waals surface area contributed by atoms with Crippen LogP contribution < -0.4 is 10.6 Å². The maximum atomic E-state index is 13.1. The third-order valence-corrected chi connectivity index (χ3v) is 2.63. The number of rotatable bonds is 2. The van der Waals surface area contributed by atoms with Crippen LogP contribution in [0.3, 0.4) is 0 Å². The summed E-state index contributed by atoms with van der Waals surface area (Å²) in [5.41, 5.74) is 6.99. The summed E-state index contributed by atoms with van der Waals surface area (Å²) in [7, 11) is 0. The van der Waals surface area contributed by atoms with E-state index < -0.39 is 0 Å². The molecule has 0 bridgehead atoms. The molecule has 15 heavy (non-hydrogen) atoms. The van der Waals surface area contributed by atoms with E-state index in [1.54, 1.807) is 11.0 Å². The normalized spacial score (nSPS) is 16.1. The second kappa shape index (κ2) is 3.98. The van der Waals surface area contributed by atoms with E-state index in [2.05, 4.69) is 0 Å². The number of hydrogen-bond donors (Lipinski definition) is 1. The van der Waals surface area contributed by atoms with Crippen molar-refractivity contribution in [3.05, 3.63) is 29.6 Å². The van der Waals surface area contributed by atoms with E-state index in [0.29, 0.717) is 25.2 Å². The van der Waals surface area contributed by atoms with Crippen LogP contribution in [0.15, 0.2) is 18.2 Å². The number of hydrogen-bond acceptors (Lipinski definition) is 2. The lowest BCUT2D eigenvalue weighted by Crippen LogP contribution is -2.25. The Hall–Kier alpha value is -1.42. The van der Waals surface area contributed by atoms with Crippen LogP contribution in [-0.4, -0.2) is 12.5 Å². The standard InChI is InChI=1S/C11H13FN2O/c12-9-4-3-8(7-13)10(6-9)14-5-1-2-11(14)15/h3-4,6H,1-2,5,7,13H2. The molecule has 1 heterocycles. The van der Waals surface area contributed by atoms with Crippen LogP contribution in [0.25, 0.3) is 0 Å². The van der Waals surface area contributed by atoms with Crippen molar-refractivity contribution < 1.29 is 9.18 Å². The third-order valence-electron chi connectivity index (χ3n) is 2.63. The molecule has 1 saturated heterocycles. The van der Waals surface area contributed by atoms with E-state index in [1.165, 1.54) is 12.1 Å². The minimum Gasteiger partial charge on any atom is -0.326 e. The Morgan fingerprint density at radius 3 is 2.87 bits per heavy atom. The molecule has 1 aromatic carbocycles. The Balaban J connectivity index is 2.40. The largest absolute Gasteiger partial charge is 0.326 e. The van der Waals surface area contributed by atoms with E-state index in [9.17, 15) is 9.18 Å². The number of halogens is 1. The fourth-order valence-corrected chi connectivity index (χ4v) is 1.86. The van der Waals surface area contributed by atoms with Crippen molar-refractivity contribution in [2.24, 2.45) is 5.73 Å². The lowest BCUT2D eigenvalue weighted by Gasteiger charge is -2.19. The van der Waals surface area contributed by atoms with Gasteiger partial charge in [-0.2, -0.15) is 0 Å². The van der Waals surface area contributed by atoms with Gasteiger partial charge in [0.15, 0.2) is 0 Å². The first-order chi connectivity index (χ1) is 7.22. The molecule has 0 aliphatic carbocycles. The van der Waals surface area contributed by atoms with Crippen molar-refractivity contribution in [1.82, 2.24) is 0 Å². The predicted octanol–water partition coefficient (Wildman–Crippen LogP) is 1.41. The van der Waals surface area contributed by atoms with Crippen LogP contribution in [0.2, 0.25) is 0 Å². The van der Waals surface area contributed by atoms with Crippen LogP contribution >= 0.6 is 0 Å². The van der Waals surface area contributed by atoms with Gasteiger partial charge in [-0.1, -0.05) is 6.07 Å². The summed E-state index contributed by atoms with van der Waals surface area (Å²) in [6.07, 6.45) is 1.37. The van der Waals surface area contributed by atoms with Crippen LogP contribution in [0, 0.1) is 5.82 Å². The van der Waals surface area contributed by atoms with Crippen molar-refractivity contribution in [3.63, 3.8) is 0 Å². The summed E-state index contributed by atoms with van der Waals surface area (Å²) in [5, 5.41) is 0. The molecule has 0 radical (unpaired) electrons. The van der Waals surface area contributed by atoms with Crippen LogP contribution in [0.4, 0.5) is 10.1 Å². The average molecular weight is 208 g/mol. The fraction of sp³-hybridized carbons (Fsp3) is 0.364. The summed E-state index contributed by atoms with van der Waals surface area (Å²) in [5.74, 6) is -0.280. The van der Waals surface area contributed by atoms with Gasteiger partial charge >= 0.3 is 0 Å².